The molecular formula is C14H9Cl2F3N2. The van der Waals surface area contributed by atoms with E-state index in [2.05, 4.69) is 10.3 Å². The van der Waals surface area contributed by atoms with Crippen LogP contribution in [0.4, 0.5) is 18.9 Å². The SMILES string of the molecule is FC(F)(F)c1cnc(C=CNc2ccccc2Cl)c(Cl)c1. The minimum Gasteiger partial charge on any atom is -0.360 e. The van der Waals surface area contributed by atoms with Crippen molar-refractivity contribution in [2.45, 2.75) is 6.18 Å². The summed E-state index contributed by atoms with van der Waals surface area (Å²) in [7, 11) is 0. The summed E-state index contributed by atoms with van der Waals surface area (Å²) in [5.74, 6) is 0. The Morgan fingerprint density at radius 2 is 1.81 bits per heavy atom. The molecule has 0 saturated heterocycles. The fraction of sp³-hybridized carbons (Fsp3) is 0.0714. The van der Waals surface area contributed by atoms with E-state index >= 15 is 0 Å². The summed E-state index contributed by atoms with van der Waals surface area (Å²) in [4.78, 5) is 3.69. The third-order valence-corrected chi connectivity index (χ3v) is 3.18. The highest BCUT2D eigenvalue weighted by atomic mass is 35.5. The topological polar surface area (TPSA) is 24.9 Å². The number of hydrogen-bond acceptors (Lipinski definition) is 2. The van der Waals surface area contributed by atoms with Crippen LogP contribution in [0.25, 0.3) is 6.08 Å². The number of pyridine rings is 1. The number of anilines is 1. The Balaban J connectivity index is 2.13. The lowest BCUT2D eigenvalue weighted by Crippen LogP contribution is -2.05. The van der Waals surface area contributed by atoms with E-state index < -0.39 is 11.7 Å². The van der Waals surface area contributed by atoms with Crippen molar-refractivity contribution in [3.63, 3.8) is 0 Å². The maximum atomic E-state index is 12.5. The first-order valence-electron chi connectivity index (χ1n) is 5.78. The van der Waals surface area contributed by atoms with Gasteiger partial charge in [-0.25, -0.2) is 0 Å². The Labute approximate surface area is 129 Å². The Morgan fingerprint density at radius 1 is 1.10 bits per heavy atom. The number of halogens is 5. The van der Waals surface area contributed by atoms with Gasteiger partial charge in [-0.1, -0.05) is 35.3 Å². The monoisotopic (exact) mass is 332 g/mol. The number of para-hydroxylation sites is 1. The molecule has 0 saturated carbocycles. The zero-order valence-corrected chi connectivity index (χ0v) is 12.0. The fourth-order valence-corrected chi connectivity index (χ4v) is 1.93. The normalized spacial score (nSPS) is 11.9. The average Bonchev–Trinajstić information content (AvgIpc) is 2.41. The summed E-state index contributed by atoms with van der Waals surface area (Å²) in [6, 6.07) is 7.89. The molecule has 2 nitrogen and oxygen atoms in total. The van der Waals surface area contributed by atoms with Crippen LogP contribution < -0.4 is 5.32 Å². The molecule has 0 atom stereocenters. The Morgan fingerprint density at radius 3 is 2.43 bits per heavy atom. The highest BCUT2D eigenvalue weighted by Crippen LogP contribution is 2.31. The van der Waals surface area contributed by atoms with E-state index in [-0.39, 0.29) is 10.7 Å². The van der Waals surface area contributed by atoms with Crippen LogP contribution in [0.1, 0.15) is 11.3 Å². The molecule has 1 aromatic carbocycles. The number of alkyl halides is 3. The zero-order chi connectivity index (χ0) is 15.5. The van der Waals surface area contributed by atoms with E-state index in [0.717, 1.165) is 12.3 Å². The molecule has 7 heteroatoms. The minimum absolute atomic E-state index is 0.0815. The maximum Gasteiger partial charge on any atom is 0.417 e. The van der Waals surface area contributed by atoms with Gasteiger partial charge in [0.15, 0.2) is 0 Å². The van der Waals surface area contributed by atoms with E-state index in [0.29, 0.717) is 10.7 Å². The first kappa shape index (κ1) is 15.7. The van der Waals surface area contributed by atoms with Crippen LogP contribution in [0, 0.1) is 0 Å². The molecule has 0 unspecified atom stereocenters. The van der Waals surface area contributed by atoms with Gasteiger partial charge in [-0.05, 0) is 24.3 Å². The van der Waals surface area contributed by atoms with Crippen molar-refractivity contribution in [1.29, 1.82) is 0 Å². The first-order valence-corrected chi connectivity index (χ1v) is 6.54. The number of benzene rings is 1. The summed E-state index contributed by atoms with van der Waals surface area (Å²) in [5, 5.41) is 3.34. The van der Waals surface area contributed by atoms with Gasteiger partial charge in [0.25, 0.3) is 0 Å². The Kier molecular flexibility index (Phi) is 4.75. The van der Waals surface area contributed by atoms with Gasteiger partial charge in [0, 0.05) is 12.4 Å². The standard InChI is InChI=1S/C14H9Cl2F3N2/c15-10-3-1-2-4-12(10)20-6-5-13-11(16)7-9(8-21-13)14(17,18)19/h1-8,20H. The maximum absolute atomic E-state index is 12.5. The van der Waals surface area contributed by atoms with Crippen LogP contribution >= 0.6 is 23.2 Å². The quantitative estimate of drug-likeness (QED) is 0.803. The highest BCUT2D eigenvalue weighted by molar-refractivity contribution is 6.33. The molecule has 21 heavy (non-hydrogen) atoms. The summed E-state index contributed by atoms with van der Waals surface area (Å²) in [6.45, 7) is 0. The van der Waals surface area contributed by atoms with Gasteiger partial charge in [0.2, 0.25) is 0 Å². The van der Waals surface area contributed by atoms with E-state index in [1.54, 1.807) is 24.3 Å². The molecule has 1 aromatic heterocycles. The number of aromatic nitrogens is 1. The van der Waals surface area contributed by atoms with Crippen LogP contribution in [-0.4, -0.2) is 4.98 Å². The van der Waals surface area contributed by atoms with Gasteiger partial charge >= 0.3 is 6.18 Å². The lowest BCUT2D eigenvalue weighted by Gasteiger charge is -2.07. The van der Waals surface area contributed by atoms with Crippen molar-refractivity contribution in [1.82, 2.24) is 4.98 Å². The predicted octanol–water partition coefficient (Wildman–Crippen LogP) is 5.49. The zero-order valence-electron chi connectivity index (χ0n) is 10.5. The number of nitrogens with zero attached hydrogens (tertiary/aromatic N) is 1. The van der Waals surface area contributed by atoms with E-state index in [4.69, 9.17) is 23.2 Å². The van der Waals surface area contributed by atoms with Crippen molar-refractivity contribution in [3.05, 3.63) is 64.0 Å². The Bertz CT molecular complexity index is 670. The number of hydrogen-bond donors (Lipinski definition) is 1. The van der Waals surface area contributed by atoms with Crippen molar-refractivity contribution in [3.8, 4) is 0 Å². The molecule has 1 heterocycles. The second-order valence-electron chi connectivity index (χ2n) is 4.05. The number of rotatable bonds is 3. The molecule has 0 aliphatic carbocycles. The molecule has 0 bridgehead atoms. The van der Waals surface area contributed by atoms with E-state index in [1.165, 1.54) is 12.3 Å². The van der Waals surface area contributed by atoms with Gasteiger partial charge in [-0.15, -0.1) is 0 Å². The van der Waals surface area contributed by atoms with Gasteiger partial charge in [-0.3, -0.25) is 4.98 Å². The third kappa shape index (κ3) is 4.12. The van der Waals surface area contributed by atoms with Crippen LogP contribution in [0.15, 0.2) is 42.7 Å². The average molecular weight is 333 g/mol. The van der Waals surface area contributed by atoms with Crippen molar-refractivity contribution in [2.24, 2.45) is 0 Å². The van der Waals surface area contributed by atoms with Gasteiger partial charge < -0.3 is 5.32 Å². The van der Waals surface area contributed by atoms with Crippen LogP contribution in [0.2, 0.25) is 10.0 Å². The van der Waals surface area contributed by atoms with Gasteiger partial charge in [0.05, 0.1) is 27.0 Å². The van der Waals surface area contributed by atoms with Crippen LogP contribution in [-0.2, 0) is 6.18 Å². The second kappa shape index (κ2) is 6.37. The summed E-state index contributed by atoms with van der Waals surface area (Å²) in [5.41, 5.74) is 0.00591. The van der Waals surface area contributed by atoms with E-state index in [1.807, 2.05) is 0 Å². The van der Waals surface area contributed by atoms with Crippen molar-refractivity contribution in [2.75, 3.05) is 5.32 Å². The molecular weight excluding hydrogens is 324 g/mol. The molecule has 2 aromatic rings. The molecule has 0 aliphatic rings. The summed E-state index contributed by atoms with van der Waals surface area (Å²) >= 11 is 11.7. The second-order valence-corrected chi connectivity index (χ2v) is 4.86. The van der Waals surface area contributed by atoms with E-state index in [9.17, 15) is 13.2 Å². The molecule has 0 spiro atoms. The molecule has 0 amide bonds. The highest BCUT2D eigenvalue weighted by Gasteiger charge is 2.31. The molecule has 2 rings (SSSR count). The van der Waals surface area contributed by atoms with Crippen LogP contribution in [0.3, 0.4) is 0 Å². The smallest absolute Gasteiger partial charge is 0.360 e. The molecule has 0 radical (unpaired) electrons. The molecule has 1 N–H and O–H groups in total. The Hall–Kier alpha value is -1.72. The predicted molar refractivity (Wildman–Crippen MR) is 78.4 cm³/mol. The van der Waals surface area contributed by atoms with Crippen molar-refractivity contribution >= 4 is 35.0 Å². The van der Waals surface area contributed by atoms with Crippen molar-refractivity contribution < 1.29 is 13.2 Å². The lowest BCUT2D eigenvalue weighted by molar-refractivity contribution is -0.137. The number of nitrogens with one attached hydrogen (secondary N) is 1. The summed E-state index contributed by atoms with van der Waals surface area (Å²) < 4.78 is 37.4. The lowest BCUT2D eigenvalue weighted by atomic mass is 10.2. The van der Waals surface area contributed by atoms with Crippen LogP contribution in [0.5, 0.6) is 0 Å². The minimum atomic E-state index is -4.46. The molecule has 110 valence electrons. The first-order chi connectivity index (χ1) is 9.88. The molecule has 0 fully saturated rings. The largest absolute Gasteiger partial charge is 0.417 e. The van der Waals surface area contributed by atoms with Gasteiger partial charge in [0.1, 0.15) is 0 Å². The third-order valence-electron chi connectivity index (χ3n) is 2.55. The molecule has 0 aliphatic heterocycles. The van der Waals surface area contributed by atoms with Gasteiger partial charge in [-0.2, -0.15) is 13.2 Å². The fourth-order valence-electron chi connectivity index (χ4n) is 1.51. The summed E-state index contributed by atoms with van der Waals surface area (Å²) in [6.07, 6.45) is -0.760.